The van der Waals surface area contributed by atoms with Gasteiger partial charge in [-0.3, -0.25) is 0 Å². The van der Waals surface area contributed by atoms with E-state index in [4.69, 9.17) is 128 Å². The molecule has 35 aliphatic rings. The fourth-order valence-electron chi connectivity index (χ4n) is 18.2. The van der Waals surface area contributed by atoms with Gasteiger partial charge in [0.2, 0.25) is 0 Å². The lowest BCUT2D eigenvalue weighted by Crippen LogP contribution is -2.69. The van der Waals surface area contributed by atoms with Crippen molar-refractivity contribution in [1.82, 2.24) is 0 Å². The van der Waals surface area contributed by atoms with Gasteiger partial charge < -0.3 is 287 Å². The maximum absolute atomic E-state index is 11.5. The Morgan fingerprint density at radius 3 is 0.316 bits per heavy atom. The van der Waals surface area contributed by atoms with Crippen molar-refractivity contribution in [3.8, 4) is 0 Å². The van der Waals surface area contributed by atoms with Crippen LogP contribution in [0, 0.1) is 0 Å². The number of fused-ring (bicyclic) bond motifs is 3. The van der Waals surface area contributed by atoms with Gasteiger partial charge in [0.05, 0.1) is 79.3 Å². The van der Waals surface area contributed by atoms with E-state index in [1.165, 1.54) is 0 Å². The van der Waals surface area contributed by atoms with Crippen LogP contribution in [0.4, 0.5) is 0 Å². The first-order valence-electron chi connectivity index (χ1n) is 42.5. The molecule has 0 aromatic carbocycles. The molecule has 0 saturated carbocycles. The minimum absolute atomic E-state index is 0.925. The van der Waals surface area contributed by atoms with Crippen molar-refractivity contribution in [3.63, 3.8) is 0 Å². The number of aliphatic hydroxyl groups excluding tert-OH is 34. The van der Waals surface area contributed by atoms with Crippen molar-refractivity contribution in [2.24, 2.45) is 0 Å². The first-order chi connectivity index (χ1) is 63.5. The molecule has 35 saturated heterocycles. The Kier molecular flexibility index (Phi) is 36.5. The van der Waals surface area contributed by atoms with Gasteiger partial charge >= 0.3 is 0 Å². The molecule has 0 amide bonds. The van der Waals surface area contributed by atoms with Crippen LogP contribution in [-0.2, 0) is 128 Å². The van der Waals surface area contributed by atoms with E-state index >= 15 is 0 Å². The topological polar surface area (TPSA) is 937 Å². The third-order valence-electron chi connectivity index (χ3n) is 25.6. The highest BCUT2D eigenvalue weighted by atomic mass is 17.5. The van der Waals surface area contributed by atoms with E-state index < -0.39 is 448 Å². The van der Waals surface area contributed by atoms with Crippen molar-refractivity contribution in [1.29, 1.82) is 0 Å². The van der Waals surface area contributed by atoms with E-state index in [-0.39, 0.29) is 0 Å². The third-order valence-corrected chi connectivity index (χ3v) is 25.6. The van der Waals surface area contributed by atoms with Gasteiger partial charge in [-0.15, -0.1) is 0 Å². The van der Waals surface area contributed by atoms with Crippen LogP contribution in [0.15, 0.2) is 0 Å². The van der Waals surface area contributed by atoms with Gasteiger partial charge in [-0.2, -0.15) is 9.78 Å². The molecule has 35 heterocycles. The summed E-state index contributed by atoms with van der Waals surface area (Å²) >= 11 is 0. The Bertz CT molecular complexity index is 3230. The number of hydrogen-bond acceptors (Lipinski definition) is 61. The standard InChI is InChI=1S/C36H58O31.C36H60O30/c37-1-7-23-14(44)18(48)32(54-7)61-25-9(3-39)56-34(20(50)16(25)46)63-27-11(5-41)58-36-22(52)30(27)66-67-65-29-21(51)35(57-12(6-42)28(29)64-36)62-26-10(4-40)55-33(19(49)15(26)45)60-24-8(2-38)53-31(59-23)17(47)13(24)43;37-1-7-25-13(43)19(49)31(55-7)62-26-8(2-38)57-33(21(51)15(26)45)64-28-10(4-40)59-35(23(53)17(28)47)66-30-12(6-42)60-36(24(54)18(30)48)65-29-11(5-41)58-34(22(52)16(29)46)63-27-9(3-39)56-32(61-25)20(50)14(27)44/h7-52H,1-6H2;7-54H,1-6H2/t7-,8-,9-,10-,11-,12-,13-,14-,15-,16-,17-,18-,19-,20-,21-,22-,23-,24-,25-,26-,27+,28+,29-,30-,31-,32-,33-,34-,35-,36-;7-,8-,9-,10-,11-,12-,13-,14-,15-,16-,17-,18-,19-,20-,21-,22-,23-,24-,25-,26-,27-,28-,29-,30-,31-,32-,33-,34-,35-,36-/m11/s1. The zero-order valence-corrected chi connectivity index (χ0v) is 69.4. The fourth-order valence-corrected chi connectivity index (χ4v) is 18.2. The molecule has 0 aromatic heterocycles. The largest absolute Gasteiger partial charge is 0.394 e. The predicted octanol–water partition coefficient (Wildman–Crippen LogP) is -25.2. The van der Waals surface area contributed by atoms with Crippen LogP contribution >= 0.6 is 0 Å². The predicted molar refractivity (Wildman–Crippen MR) is 390 cm³/mol. The number of ether oxygens (including phenoxy) is 24. The average Bonchev–Trinajstić information content (AvgIpc) is 1.51. The quantitative estimate of drug-likeness (QED) is 0.0807. The van der Waals surface area contributed by atoms with Crippen molar-refractivity contribution < 1.29 is 302 Å². The van der Waals surface area contributed by atoms with Crippen molar-refractivity contribution in [3.05, 3.63) is 0 Å². The SMILES string of the molecule is OC[C@H]1O[C@@H]2O[C@@H]3[C@@H]4OOO[C@H]([C@H]2O)[C@H]1O[C@H]1O[C@H](CO)[C@@H](O[C@H]2O[C@H](CO)[C@@H](O[C@H]5O[C@H](CO)[C@@H](O[C@H]6O[C@H](CO)[C@@H](O[C@@H](O[C@@H]3CO)[C@@H]4O)[C@H](O)[C@H]6O)[C@H](O)[C@H]5O)[C@H](O)[C@H]2O)[C@H](O)[C@H]1O.OC[C@H]1O[C@@H]2O[C@H]3[C@H](O)[C@@H](O)[C@@H](O[C@H]4[C@H](O)[C@@H](O)[C@@H](O[C@H]5[C@H](O)[C@@H](O)[C@@H](O[C@H]6[C@H](O)[C@@H](O)[C@@H](O[C@H]7[C@H](O)[C@@H](O)[C@@H](O[C@H]1[C@H](O)[C@H]2O)O[C@@H]7CO)O[C@@H]6CO)O[C@@H]5CO)O[C@@H]4CO)O[C@@H]3CO. The summed E-state index contributed by atoms with van der Waals surface area (Å²) in [6.45, 7) is -11.8. The molecule has 35 rings (SSSR count). The van der Waals surface area contributed by atoms with Gasteiger partial charge in [-0.1, -0.05) is 5.04 Å². The zero-order valence-electron chi connectivity index (χ0n) is 69.4. The van der Waals surface area contributed by atoms with Crippen LogP contribution in [0.2, 0.25) is 0 Å². The normalized spacial score (nSPS) is 55.4. The fraction of sp³-hybridized carbons (Fsp3) is 1.00. The second-order valence-corrected chi connectivity index (χ2v) is 33.9. The number of rotatable bonds is 12. The molecule has 772 valence electrons. The third kappa shape index (κ3) is 21.2. The zero-order chi connectivity index (χ0) is 96.2. The van der Waals surface area contributed by atoms with Crippen LogP contribution in [0.3, 0.4) is 0 Å². The van der Waals surface area contributed by atoms with Crippen molar-refractivity contribution in [2.45, 2.75) is 368 Å². The molecule has 0 aromatic rings. The summed E-state index contributed by atoms with van der Waals surface area (Å²) in [6, 6.07) is 0. The molecule has 0 unspecified atom stereocenters. The Morgan fingerprint density at radius 1 is 0.105 bits per heavy atom. The molecule has 35 fully saturated rings. The molecule has 60 atom stereocenters. The van der Waals surface area contributed by atoms with Gasteiger partial charge in [0.15, 0.2) is 87.7 Å². The van der Waals surface area contributed by atoms with E-state index in [1.807, 2.05) is 0 Å². The molecule has 133 heavy (non-hydrogen) atoms. The van der Waals surface area contributed by atoms with Crippen LogP contribution in [0.1, 0.15) is 0 Å². The summed E-state index contributed by atoms with van der Waals surface area (Å²) in [4.78, 5) is 10.7. The molecule has 35 aliphatic heterocycles. The van der Waals surface area contributed by atoms with E-state index in [2.05, 4.69) is 0 Å². The minimum atomic E-state index is -2.15. The van der Waals surface area contributed by atoms with Crippen LogP contribution in [-0.4, -0.2) is 621 Å². The summed E-state index contributed by atoms with van der Waals surface area (Å²) < 4.78 is 137. The van der Waals surface area contributed by atoms with Gasteiger partial charge in [-0.25, -0.2) is 0 Å². The molecule has 0 radical (unpaired) electrons. The summed E-state index contributed by atoms with van der Waals surface area (Å²) in [5, 5.41) is 376. The molecule has 61 nitrogen and oxygen atoms in total. The summed E-state index contributed by atoms with van der Waals surface area (Å²) in [7, 11) is 0. The van der Waals surface area contributed by atoms with Gasteiger partial charge in [-0.05, 0) is 0 Å². The van der Waals surface area contributed by atoms with Gasteiger partial charge in [0.1, 0.15) is 281 Å². The van der Waals surface area contributed by atoms with E-state index in [1.54, 1.807) is 0 Å². The highest BCUT2D eigenvalue weighted by Crippen LogP contribution is 2.44. The monoisotopic (exact) mass is 1960 g/mol. The molecule has 0 spiro atoms. The lowest BCUT2D eigenvalue weighted by atomic mass is 9.94. The molecule has 34 N–H and O–H groups in total. The number of aliphatic hydroxyl groups is 34. The first-order valence-corrected chi connectivity index (χ1v) is 42.5. The Hall–Kier alpha value is -2.44. The van der Waals surface area contributed by atoms with Crippen LogP contribution < -0.4 is 0 Å². The maximum atomic E-state index is 11.5. The molecule has 0 aliphatic carbocycles. The van der Waals surface area contributed by atoms with Crippen molar-refractivity contribution >= 4 is 0 Å². The number of hydrogen-bond donors (Lipinski definition) is 34. The van der Waals surface area contributed by atoms with Crippen LogP contribution in [0.25, 0.3) is 0 Å². The highest BCUT2D eigenvalue weighted by molar-refractivity contribution is 5.06. The van der Waals surface area contributed by atoms with Crippen LogP contribution in [0.5, 0.6) is 0 Å². The second kappa shape index (κ2) is 45.7. The van der Waals surface area contributed by atoms with E-state index in [9.17, 15) is 174 Å². The molecular formula is C72H118O61. The lowest BCUT2D eigenvalue weighted by molar-refractivity contribution is -0.561. The minimum Gasteiger partial charge on any atom is -0.394 e. The first kappa shape index (κ1) is 106. The summed E-state index contributed by atoms with van der Waals surface area (Å²) in [5.41, 5.74) is 0. The molecule has 24 bridgehead atoms. The maximum Gasteiger partial charge on any atom is 0.187 e. The van der Waals surface area contributed by atoms with E-state index in [0.29, 0.717) is 0 Å². The highest BCUT2D eigenvalue weighted by Gasteiger charge is 2.65. The second-order valence-electron chi connectivity index (χ2n) is 33.9. The van der Waals surface area contributed by atoms with Crippen molar-refractivity contribution in [2.75, 3.05) is 79.3 Å². The van der Waals surface area contributed by atoms with Gasteiger partial charge in [0.25, 0.3) is 0 Å². The summed E-state index contributed by atoms with van der Waals surface area (Å²) in [6.07, 6.45) is -115. The summed E-state index contributed by atoms with van der Waals surface area (Å²) in [5.74, 6) is 0. The Labute approximate surface area is 747 Å². The van der Waals surface area contributed by atoms with E-state index in [0.717, 1.165) is 0 Å². The smallest absolute Gasteiger partial charge is 0.187 e. The van der Waals surface area contributed by atoms with Gasteiger partial charge in [0, 0.05) is 0 Å². The Morgan fingerprint density at radius 2 is 0.203 bits per heavy atom. The molecule has 61 heteroatoms. The Balaban J connectivity index is 0.000000214. The lowest BCUT2D eigenvalue weighted by Gasteiger charge is -2.50. The average molecular weight is 1960 g/mol. The molecular weight excluding hydrogens is 1840 g/mol.